The molecule has 0 saturated carbocycles. The molecule has 1 unspecified atom stereocenters. The van der Waals surface area contributed by atoms with Gasteiger partial charge < -0.3 is 14.7 Å². The van der Waals surface area contributed by atoms with Crippen LogP contribution in [-0.2, 0) is 9.59 Å². The fourth-order valence-corrected chi connectivity index (χ4v) is 1.82. The zero-order chi connectivity index (χ0) is 12.4. The Morgan fingerprint density at radius 1 is 1.59 bits per heavy atom. The van der Waals surface area contributed by atoms with E-state index in [4.69, 9.17) is 9.84 Å². The van der Waals surface area contributed by atoms with E-state index >= 15 is 0 Å². The fraction of sp³-hybridized carbons (Fsp3) is 0.364. The summed E-state index contributed by atoms with van der Waals surface area (Å²) in [5.41, 5.74) is 0.597. The number of aromatic nitrogens is 1. The minimum absolute atomic E-state index is 0.334. The van der Waals surface area contributed by atoms with Gasteiger partial charge in [0.15, 0.2) is 0 Å². The van der Waals surface area contributed by atoms with Gasteiger partial charge in [0.2, 0.25) is 11.8 Å². The molecule has 1 aromatic heterocycles. The van der Waals surface area contributed by atoms with E-state index in [0.717, 1.165) is 0 Å². The van der Waals surface area contributed by atoms with Crippen molar-refractivity contribution in [2.75, 3.05) is 18.6 Å². The van der Waals surface area contributed by atoms with Crippen molar-refractivity contribution < 1.29 is 19.4 Å². The van der Waals surface area contributed by atoms with Gasteiger partial charge in [0, 0.05) is 12.6 Å². The number of carbonyl (C=O) groups is 2. The van der Waals surface area contributed by atoms with Crippen LogP contribution in [0.1, 0.15) is 6.42 Å². The van der Waals surface area contributed by atoms with Crippen LogP contribution >= 0.6 is 0 Å². The molecule has 0 spiro atoms. The second-order valence-electron chi connectivity index (χ2n) is 3.73. The van der Waals surface area contributed by atoms with E-state index < -0.39 is 11.9 Å². The highest BCUT2D eigenvalue weighted by molar-refractivity contribution is 6.07. The van der Waals surface area contributed by atoms with Gasteiger partial charge in [-0.1, -0.05) is 0 Å². The summed E-state index contributed by atoms with van der Waals surface area (Å²) in [6, 6.07) is 3.32. The molecule has 6 nitrogen and oxygen atoms in total. The molecule has 2 rings (SSSR count). The summed E-state index contributed by atoms with van der Waals surface area (Å²) in [6.07, 6.45) is 1.83. The maximum absolute atomic E-state index is 11.8. The Hall–Kier alpha value is -2.11. The number of carbonyl (C=O) groups excluding carboxylic acids is 1. The first-order valence-electron chi connectivity index (χ1n) is 5.17. The molecule has 1 N–H and O–H groups in total. The minimum Gasteiger partial charge on any atom is -0.481 e. The van der Waals surface area contributed by atoms with Crippen molar-refractivity contribution in [3.63, 3.8) is 0 Å². The molecule has 90 valence electrons. The van der Waals surface area contributed by atoms with Gasteiger partial charge in [-0.05, 0) is 12.5 Å². The van der Waals surface area contributed by atoms with Gasteiger partial charge in [0.1, 0.15) is 5.92 Å². The predicted octanol–water partition coefficient (Wildman–Crippen LogP) is 0.528. The van der Waals surface area contributed by atoms with Crippen molar-refractivity contribution in [1.29, 1.82) is 0 Å². The van der Waals surface area contributed by atoms with Crippen LogP contribution in [-0.4, -0.2) is 35.6 Å². The van der Waals surface area contributed by atoms with Crippen LogP contribution in [0.15, 0.2) is 18.3 Å². The van der Waals surface area contributed by atoms with Gasteiger partial charge >= 0.3 is 5.97 Å². The average molecular weight is 236 g/mol. The monoisotopic (exact) mass is 236 g/mol. The lowest BCUT2D eigenvalue weighted by atomic mass is 10.1. The molecule has 1 aliphatic rings. The van der Waals surface area contributed by atoms with Crippen LogP contribution in [0.3, 0.4) is 0 Å². The SMILES string of the molecule is COc1ccc(N2CCC(C(=O)O)C2=O)cn1. The molecular formula is C11H12N2O4. The quantitative estimate of drug-likeness (QED) is 0.774. The summed E-state index contributed by atoms with van der Waals surface area (Å²) >= 11 is 0. The largest absolute Gasteiger partial charge is 0.481 e. The molecule has 1 aromatic rings. The molecule has 1 aliphatic heterocycles. The third-order valence-electron chi connectivity index (χ3n) is 2.75. The summed E-state index contributed by atoms with van der Waals surface area (Å²) in [6.45, 7) is 0.407. The number of hydrogen-bond donors (Lipinski definition) is 1. The number of hydrogen-bond acceptors (Lipinski definition) is 4. The zero-order valence-corrected chi connectivity index (χ0v) is 9.29. The Morgan fingerprint density at radius 2 is 2.35 bits per heavy atom. The number of pyridine rings is 1. The number of methoxy groups -OCH3 is 1. The van der Waals surface area contributed by atoms with Gasteiger partial charge in [-0.3, -0.25) is 9.59 Å². The summed E-state index contributed by atoms with van der Waals surface area (Å²) < 4.78 is 4.91. The number of amides is 1. The van der Waals surface area contributed by atoms with E-state index in [-0.39, 0.29) is 5.91 Å². The number of nitrogens with zero attached hydrogens (tertiary/aromatic N) is 2. The molecule has 0 bridgehead atoms. The van der Waals surface area contributed by atoms with Crippen molar-refractivity contribution in [3.8, 4) is 5.88 Å². The number of carboxylic acids is 1. The van der Waals surface area contributed by atoms with Gasteiger partial charge in [0.05, 0.1) is 19.0 Å². The Balaban J connectivity index is 2.18. The molecule has 1 fully saturated rings. The zero-order valence-electron chi connectivity index (χ0n) is 9.29. The van der Waals surface area contributed by atoms with E-state index in [2.05, 4.69) is 4.98 Å². The van der Waals surface area contributed by atoms with Crippen molar-refractivity contribution in [2.24, 2.45) is 5.92 Å². The molecule has 0 aliphatic carbocycles. The van der Waals surface area contributed by atoms with E-state index in [9.17, 15) is 9.59 Å². The number of aliphatic carboxylic acids is 1. The van der Waals surface area contributed by atoms with Crippen LogP contribution in [0.4, 0.5) is 5.69 Å². The van der Waals surface area contributed by atoms with Crippen molar-refractivity contribution >= 4 is 17.6 Å². The highest BCUT2D eigenvalue weighted by Crippen LogP contribution is 2.25. The molecule has 1 atom stereocenters. The van der Waals surface area contributed by atoms with Gasteiger partial charge in [-0.2, -0.15) is 0 Å². The number of ether oxygens (including phenoxy) is 1. The molecule has 1 saturated heterocycles. The third kappa shape index (κ3) is 2.06. The Labute approximate surface area is 97.8 Å². The van der Waals surface area contributed by atoms with E-state index in [1.165, 1.54) is 18.2 Å². The molecule has 0 aromatic carbocycles. The number of rotatable bonds is 3. The van der Waals surface area contributed by atoms with Crippen LogP contribution in [0.2, 0.25) is 0 Å². The first-order valence-corrected chi connectivity index (χ1v) is 5.17. The average Bonchev–Trinajstić information content (AvgIpc) is 2.71. The lowest BCUT2D eigenvalue weighted by Crippen LogP contribution is -2.30. The van der Waals surface area contributed by atoms with Gasteiger partial charge in [-0.25, -0.2) is 4.98 Å². The van der Waals surface area contributed by atoms with Crippen LogP contribution in [0.5, 0.6) is 5.88 Å². The molecule has 6 heteroatoms. The van der Waals surface area contributed by atoms with Crippen LogP contribution < -0.4 is 9.64 Å². The molecule has 1 amide bonds. The molecule has 17 heavy (non-hydrogen) atoms. The lowest BCUT2D eigenvalue weighted by molar-refractivity contribution is -0.144. The molecule has 0 radical (unpaired) electrons. The number of anilines is 1. The Kier molecular flexibility index (Phi) is 2.95. The normalized spacial score (nSPS) is 19.5. The second-order valence-corrected chi connectivity index (χ2v) is 3.73. The summed E-state index contributed by atoms with van der Waals surface area (Å²) in [5.74, 6) is -1.93. The van der Waals surface area contributed by atoms with Crippen LogP contribution in [0, 0.1) is 5.92 Å². The summed E-state index contributed by atoms with van der Waals surface area (Å²) in [5, 5.41) is 8.85. The van der Waals surface area contributed by atoms with E-state index in [0.29, 0.717) is 24.5 Å². The van der Waals surface area contributed by atoms with Crippen molar-refractivity contribution in [2.45, 2.75) is 6.42 Å². The fourth-order valence-electron chi connectivity index (χ4n) is 1.82. The highest BCUT2D eigenvalue weighted by Gasteiger charge is 2.37. The van der Waals surface area contributed by atoms with Gasteiger partial charge in [-0.15, -0.1) is 0 Å². The second kappa shape index (κ2) is 4.40. The number of carboxylic acid groups (broad SMARTS) is 1. The third-order valence-corrected chi connectivity index (χ3v) is 2.75. The van der Waals surface area contributed by atoms with Crippen LogP contribution in [0.25, 0.3) is 0 Å². The molecular weight excluding hydrogens is 224 g/mol. The maximum Gasteiger partial charge on any atom is 0.316 e. The standard InChI is InChI=1S/C11H12N2O4/c1-17-9-3-2-7(6-12-9)13-5-4-8(10(13)14)11(15)16/h2-3,6,8H,4-5H2,1H3,(H,15,16). The summed E-state index contributed by atoms with van der Waals surface area (Å²) in [7, 11) is 1.50. The van der Waals surface area contributed by atoms with Crippen molar-refractivity contribution in [3.05, 3.63) is 18.3 Å². The lowest BCUT2D eigenvalue weighted by Gasteiger charge is -2.15. The topological polar surface area (TPSA) is 79.7 Å². The Morgan fingerprint density at radius 3 is 2.82 bits per heavy atom. The van der Waals surface area contributed by atoms with Gasteiger partial charge in [0.25, 0.3) is 0 Å². The Bertz CT molecular complexity index is 443. The highest BCUT2D eigenvalue weighted by atomic mass is 16.5. The molecule has 2 heterocycles. The smallest absolute Gasteiger partial charge is 0.316 e. The predicted molar refractivity (Wildman–Crippen MR) is 58.9 cm³/mol. The first kappa shape index (κ1) is 11.4. The minimum atomic E-state index is -1.07. The van der Waals surface area contributed by atoms with E-state index in [1.807, 2.05) is 0 Å². The maximum atomic E-state index is 11.8. The first-order chi connectivity index (χ1) is 8.13. The summed E-state index contributed by atoms with van der Waals surface area (Å²) in [4.78, 5) is 28.0. The van der Waals surface area contributed by atoms with Crippen molar-refractivity contribution in [1.82, 2.24) is 4.98 Å². The van der Waals surface area contributed by atoms with E-state index in [1.54, 1.807) is 12.1 Å².